The van der Waals surface area contributed by atoms with Crippen LogP contribution in [0.4, 0.5) is 0 Å². The number of amides is 1. The van der Waals surface area contributed by atoms with Crippen LogP contribution < -0.4 is 10.3 Å². The standard InChI is InChI=1S/C15H9Cl3N2O4S/c16-9-1-2-13-8(3-9)4-14(24-13)15(21)19-20-25(22,23)12-6-10(17)5-11(18)7-12/h1-7,20H,(H,19,21). The zero-order valence-corrected chi connectivity index (χ0v) is 15.3. The van der Waals surface area contributed by atoms with E-state index in [1.54, 1.807) is 18.2 Å². The molecule has 2 aromatic carbocycles. The van der Waals surface area contributed by atoms with E-state index in [0.29, 0.717) is 16.0 Å². The highest BCUT2D eigenvalue weighted by Crippen LogP contribution is 2.24. The maximum Gasteiger partial charge on any atom is 0.301 e. The summed E-state index contributed by atoms with van der Waals surface area (Å²) in [5, 5.41) is 1.39. The van der Waals surface area contributed by atoms with Gasteiger partial charge in [-0.15, -0.1) is 4.83 Å². The van der Waals surface area contributed by atoms with Crippen LogP contribution in [0.3, 0.4) is 0 Å². The van der Waals surface area contributed by atoms with Crippen molar-refractivity contribution in [2.45, 2.75) is 4.90 Å². The molecular formula is C15H9Cl3N2O4S. The first-order valence-corrected chi connectivity index (χ1v) is 9.34. The summed E-state index contributed by atoms with van der Waals surface area (Å²) in [7, 11) is -4.06. The van der Waals surface area contributed by atoms with E-state index in [4.69, 9.17) is 39.2 Å². The van der Waals surface area contributed by atoms with E-state index < -0.39 is 15.9 Å². The van der Waals surface area contributed by atoms with E-state index in [-0.39, 0.29) is 20.7 Å². The number of nitrogens with one attached hydrogen (secondary N) is 2. The number of benzene rings is 2. The molecule has 0 spiro atoms. The molecule has 0 atom stereocenters. The number of hydrazine groups is 1. The molecule has 0 radical (unpaired) electrons. The quantitative estimate of drug-likeness (QED) is 0.625. The number of sulfonamides is 1. The van der Waals surface area contributed by atoms with Gasteiger partial charge >= 0.3 is 5.91 Å². The number of carbonyl (C=O) groups is 1. The highest BCUT2D eigenvalue weighted by atomic mass is 35.5. The predicted molar refractivity (Wildman–Crippen MR) is 95.5 cm³/mol. The summed E-state index contributed by atoms with van der Waals surface area (Å²) in [4.78, 5) is 13.9. The lowest BCUT2D eigenvalue weighted by atomic mass is 10.2. The number of hydrogen-bond donors (Lipinski definition) is 2. The van der Waals surface area contributed by atoms with Gasteiger partial charge < -0.3 is 4.42 Å². The average Bonchev–Trinajstić information content (AvgIpc) is 2.95. The van der Waals surface area contributed by atoms with E-state index in [9.17, 15) is 13.2 Å². The van der Waals surface area contributed by atoms with Crippen LogP contribution in [0.15, 0.2) is 51.8 Å². The number of furan rings is 1. The molecule has 1 amide bonds. The van der Waals surface area contributed by atoms with Gasteiger partial charge in [0.2, 0.25) is 0 Å². The van der Waals surface area contributed by atoms with Crippen molar-refractivity contribution in [3.05, 3.63) is 63.3 Å². The topological polar surface area (TPSA) is 88.4 Å². The SMILES string of the molecule is O=C(NNS(=O)(=O)c1cc(Cl)cc(Cl)c1)c1cc2cc(Cl)ccc2o1. The second-order valence-corrected chi connectivity index (χ2v) is 7.95. The first kappa shape index (κ1) is 18.0. The van der Waals surface area contributed by atoms with Crippen molar-refractivity contribution < 1.29 is 17.6 Å². The number of hydrogen-bond acceptors (Lipinski definition) is 4. The average molecular weight is 420 g/mol. The molecule has 3 rings (SSSR count). The van der Waals surface area contributed by atoms with Crippen molar-refractivity contribution in [1.29, 1.82) is 0 Å². The van der Waals surface area contributed by atoms with Gasteiger partial charge in [0.15, 0.2) is 5.76 Å². The second kappa shape index (κ2) is 6.86. The molecule has 0 fully saturated rings. The maximum absolute atomic E-state index is 12.2. The zero-order chi connectivity index (χ0) is 18.2. The molecule has 3 aromatic rings. The fourth-order valence-corrected chi connectivity index (χ4v) is 3.79. The summed E-state index contributed by atoms with van der Waals surface area (Å²) in [5.41, 5.74) is 2.51. The molecule has 0 bridgehead atoms. The Morgan fingerprint density at radius 2 is 1.60 bits per heavy atom. The molecule has 0 aliphatic carbocycles. The Bertz CT molecular complexity index is 1060. The van der Waals surface area contributed by atoms with Crippen LogP contribution in [-0.4, -0.2) is 14.3 Å². The van der Waals surface area contributed by atoms with Gasteiger partial charge in [-0.3, -0.25) is 10.2 Å². The number of fused-ring (bicyclic) bond motifs is 1. The maximum atomic E-state index is 12.2. The van der Waals surface area contributed by atoms with Crippen molar-refractivity contribution in [2.24, 2.45) is 0 Å². The van der Waals surface area contributed by atoms with Gasteiger partial charge in [0.25, 0.3) is 10.0 Å². The van der Waals surface area contributed by atoms with Crippen molar-refractivity contribution >= 4 is 61.7 Å². The summed E-state index contributed by atoms with van der Waals surface area (Å²) in [5.74, 6) is -0.854. The molecule has 0 saturated heterocycles. The van der Waals surface area contributed by atoms with Gasteiger partial charge in [0.1, 0.15) is 5.58 Å². The molecule has 0 aliphatic rings. The van der Waals surface area contributed by atoms with Gasteiger partial charge in [-0.1, -0.05) is 34.8 Å². The fourth-order valence-electron chi connectivity index (χ4n) is 2.04. The smallest absolute Gasteiger partial charge is 0.301 e. The lowest BCUT2D eigenvalue weighted by Crippen LogP contribution is -2.41. The normalized spacial score (nSPS) is 11.6. The van der Waals surface area contributed by atoms with E-state index in [1.165, 1.54) is 24.3 Å². The minimum atomic E-state index is -4.06. The lowest BCUT2D eigenvalue weighted by molar-refractivity contribution is 0.0919. The van der Waals surface area contributed by atoms with E-state index in [0.717, 1.165) is 0 Å². The van der Waals surface area contributed by atoms with Crippen molar-refractivity contribution in [3.63, 3.8) is 0 Å². The van der Waals surface area contributed by atoms with Crippen LogP contribution in [0.5, 0.6) is 0 Å². The fraction of sp³-hybridized carbons (Fsp3) is 0. The van der Waals surface area contributed by atoms with E-state index in [1.807, 2.05) is 4.83 Å². The van der Waals surface area contributed by atoms with Gasteiger partial charge in [0.05, 0.1) is 4.90 Å². The van der Waals surface area contributed by atoms with Crippen LogP contribution in [0.25, 0.3) is 11.0 Å². The van der Waals surface area contributed by atoms with Gasteiger partial charge in [-0.05, 0) is 42.5 Å². The third-order valence-electron chi connectivity index (χ3n) is 3.15. The molecule has 25 heavy (non-hydrogen) atoms. The lowest BCUT2D eigenvalue weighted by Gasteiger charge is -2.08. The van der Waals surface area contributed by atoms with Crippen molar-refractivity contribution in [3.8, 4) is 0 Å². The monoisotopic (exact) mass is 418 g/mol. The highest BCUT2D eigenvalue weighted by Gasteiger charge is 2.19. The first-order valence-electron chi connectivity index (χ1n) is 6.72. The summed E-state index contributed by atoms with van der Waals surface area (Å²) in [6.07, 6.45) is 0. The Hall–Kier alpha value is -1.77. The molecule has 2 N–H and O–H groups in total. The Labute approximate surface area is 157 Å². The minimum absolute atomic E-state index is 0.0795. The summed E-state index contributed by atoms with van der Waals surface area (Å²) in [6, 6.07) is 10.1. The van der Waals surface area contributed by atoms with E-state index >= 15 is 0 Å². The summed E-state index contributed by atoms with van der Waals surface area (Å²) in [6.45, 7) is 0. The second-order valence-electron chi connectivity index (χ2n) is 4.96. The molecule has 0 saturated carbocycles. The Balaban J connectivity index is 1.78. The third-order valence-corrected chi connectivity index (χ3v) is 5.05. The van der Waals surface area contributed by atoms with Crippen molar-refractivity contribution in [2.75, 3.05) is 0 Å². The number of rotatable bonds is 4. The Morgan fingerprint density at radius 1 is 0.920 bits per heavy atom. The molecule has 1 aromatic heterocycles. The van der Waals surface area contributed by atoms with Crippen LogP contribution in [-0.2, 0) is 10.0 Å². The van der Waals surface area contributed by atoms with Crippen LogP contribution in [0.2, 0.25) is 15.1 Å². The Morgan fingerprint density at radius 3 is 2.28 bits per heavy atom. The molecule has 6 nitrogen and oxygen atoms in total. The van der Waals surface area contributed by atoms with Gasteiger partial charge in [-0.2, -0.15) is 0 Å². The first-order chi connectivity index (χ1) is 11.7. The molecule has 130 valence electrons. The summed E-state index contributed by atoms with van der Waals surface area (Å²) >= 11 is 17.4. The van der Waals surface area contributed by atoms with Gasteiger partial charge in [-0.25, -0.2) is 8.42 Å². The third kappa shape index (κ3) is 4.08. The molecular weight excluding hydrogens is 411 g/mol. The highest BCUT2D eigenvalue weighted by molar-refractivity contribution is 7.89. The van der Waals surface area contributed by atoms with E-state index in [2.05, 4.69) is 5.43 Å². The van der Waals surface area contributed by atoms with Crippen LogP contribution >= 0.6 is 34.8 Å². The molecule has 1 heterocycles. The number of carbonyl (C=O) groups excluding carboxylic acids is 1. The Kier molecular flexibility index (Phi) is 4.95. The summed E-state index contributed by atoms with van der Waals surface area (Å²) < 4.78 is 29.7. The zero-order valence-electron chi connectivity index (χ0n) is 12.2. The predicted octanol–water partition coefficient (Wildman–Crippen LogP) is 4.02. The van der Waals surface area contributed by atoms with Crippen LogP contribution in [0.1, 0.15) is 10.6 Å². The number of halogens is 3. The van der Waals surface area contributed by atoms with Gasteiger partial charge in [0, 0.05) is 20.5 Å². The minimum Gasteiger partial charge on any atom is -0.451 e. The van der Waals surface area contributed by atoms with Crippen LogP contribution in [0, 0.1) is 0 Å². The molecule has 0 unspecified atom stereocenters. The largest absolute Gasteiger partial charge is 0.451 e. The molecule has 10 heteroatoms. The molecule has 0 aliphatic heterocycles. The van der Waals surface area contributed by atoms with Crippen molar-refractivity contribution in [1.82, 2.24) is 10.3 Å².